The number of pyridine rings is 1. The number of hydrogen-bond donors (Lipinski definition) is 0. The highest BCUT2D eigenvalue weighted by molar-refractivity contribution is 6.38. The molecule has 7 aromatic rings. The Morgan fingerprint density at radius 2 is 1.16 bits per heavy atom. The first kappa shape index (κ1) is 29.6. The van der Waals surface area contributed by atoms with Crippen LogP contribution in [0.2, 0.25) is 0 Å². The number of anilines is 2. The van der Waals surface area contributed by atoms with Crippen LogP contribution in [0, 0.1) is 0 Å². The molecule has 0 fully saturated rings. The van der Waals surface area contributed by atoms with Gasteiger partial charge in [-0.1, -0.05) is 133 Å². The summed E-state index contributed by atoms with van der Waals surface area (Å²) in [7, 11) is 0. The third kappa shape index (κ3) is 4.94. The largest absolute Gasteiger partial charge is 0.871 e. The highest BCUT2D eigenvalue weighted by Crippen LogP contribution is 2.41. The third-order valence-electron chi connectivity index (χ3n) is 8.87. The summed E-state index contributed by atoms with van der Waals surface area (Å²) in [6.45, 7) is 0. The van der Waals surface area contributed by atoms with E-state index in [4.69, 9.17) is 0 Å². The number of ketones is 1. The highest BCUT2D eigenvalue weighted by atomic mass is 16.3. The number of carbonyl (C=O) groups excluding carboxylic acids is 2. The number of benzene rings is 6. The summed E-state index contributed by atoms with van der Waals surface area (Å²) in [5.41, 5.74) is 2.41. The van der Waals surface area contributed by atoms with E-state index < -0.39 is 11.5 Å². The topological polar surface area (TPSA) is 82.4 Å². The molecule has 6 nitrogen and oxygen atoms in total. The van der Waals surface area contributed by atoms with Crippen LogP contribution in [-0.2, 0) is 4.79 Å². The Hall–Kier alpha value is -6.79. The van der Waals surface area contributed by atoms with E-state index in [1.807, 2.05) is 121 Å². The summed E-state index contributed by atoms with van der Waals surface area (Å²) >= 11 is 0. The Balaban J connectivity index is 1.20. The highest BCUT2D eigenvalue weighted by Gasteiger charge is 2.36. The van der Waals surface area contributed by atoms with Crippen LogP contribution in [-0.4, -0.2) is 16.3 Å². The molecule has 0 aliphatic carbocycles. The van der Waals surface area contributed by atoms with Crippen LogP contribution in [0.5, 0.6) is 5.75 Å². The second-order valence-electron chi connectivity index (χ2n) is 11.7. The van der Waals surface area contributed by atoms with Crippen LogP contribution in [0.1, 0.15) is 15.9 Å². The minimum Gasteiger partial charge on any atom is -0.871 e. The molecule has 49 heavy (non-hydrogen) atoms. The van der Waals surface area contributed by atoms with Gasteiger partial charge in [0.2, 0.25) is 5.78 Å². The summed E-state index contributed by atoms with van der Waals surface area (Å²) in [5, 5.41) is 17.6. The predicted molar refractivity (Wildman–Crippen MR) is 195 cm³/mol. The average Bonchev–Trinajstić information content (AvgIpc) is 3.14. The fourth-order valence-electron chi connectivity index (χ4n) is 6.60. The monoisotopic (exact) mass is 635 g/mol. The van der Waals surface area contributed by atoms with Crippen molar-refractivity contribution in [3.8, 4) is 11.4 Å². The van der Waals surface area contributed by atoms with Crippen molar-refractivity contribution >= 4 is 61.6 Å². The summed E-state index contributed by atoms with van der Waals surface area (Å²) in [6.07, 6.45) is 7.72. The second-order valence-corrected chi connectivity index (χ2v) is 11.7. The summed E-state index contributed by atoms with van der Waals surface area (Å²) in [6, 6.07) is 41.1. The number of Topliss-reactive ketones (excluding diaryl/α,β-unsaturated/α-hetero) is 1. The normalized spacial score (nSPS) is 14.2. The van der Waals surface area contributed by atoms with Gasteiger partial charge in [0.15, 0.2) is 0 Å². The smallest absolute Gasteiger partial charge is 0.266 e. The van der Waals surface area contributed by atoms with E-state index in [1.54, 1.807) is 39.8 Å². The van der Waals surface area contributed by atoms with Gasteiger partial charge in [0.25, 0.3) is 11.5 Å². The molecule has 1 aliphatic rings. The quantitative estimate of drug-likeness (QED) is 0.0823. The van der Waals surface area contributed by atoms with Crippen molar-refractivity contribution < 1.29 is 14.7 Å². The van der Waals surface area contributed by atoms with Crippen LogP contribution in [0.25, 0.3) is 44.2 Å². The Labute approximate surface area is 281 Å². The van der Waals surface area contributed by atoms with Crippen LogP contribution in [0.4, 0.5) is 11.4 Å². The van der Waals surface area contributed by atoms with E-state index in [9.17, 15) is 19.5 Å². The molecule has 0 N–H and O–H groups in total. The van der Waals surface area contributed by atoms with E-state index in [-0.39, 0.29) is 22.7 Å². The predicted octanol–water partition coefficient (Wildman–Crippen LogP) is 8.43. The Kier molecular flexibility index (Phi) is 7.31. The van der Waals surface area contributed by atoms with E-state index in [0.29, 0.717) is 33.5 Å². The first-order valence-electron chi connectivity index (χ1n) is 15.9. The fraction of sp³-hybridized carbons (Fsp3) is 0. The third-order valence-corrected chi connectivity index (χ3v) is 8.87. The first-order chi connectivity index (χ1) is 24.0. The SMILES string of the molecule is O=C1C(=CC=CC=Cc2c([O-])c3ccc4ccccc4c3n(-c3ccccc3)c2=O)C(=O)N(c2ccccc2)c2c1ccc1ccccc21. The van der Waals surface area contributed by atoms with Crippen molar-refractivity contribution in [2.75, 3.05) is 4.90 Å². The summed E-state index contributed by atoms with van der Waals surface area (Å²) in [4.78, 5) is 43.4. The molecule has 1 amide bonds. The van der Waals surface area contributed by atoms with Crippen molar-refractivity contribution in [2.24, 2.45) is 0 Å². The van der Waals surface area contributed by atoms with Gasteiger partial charge >= 0.3 is 0 Å². The molecule has 0 atom stereocenters. The van der Waals surface area contributed by atoms with Crippen molar-refractivity contribution in [1.29, 1.82) is 0 Å². The maximum absolute atomic E-state index is 14.0. The Morgan fingerprint density at radius 1 is 0.551 bits per heavy atom. The molecule has 6 aromatic carbocycles. The number of rotatable bonds is 5. The second kappa shape index (κ2) is 12.1. The van der Waals surface area contributed by atoms with Crippen molar-refractivity contribution in [1.82, 2.24) is 4.57 Å². The maximum atomic E-state index is 14.0. The molecule has 1 aromatic heterocycles. The van der Waals surface area contributed by atoms with Gasteiger partial charge in [-0.25, -0.2) is 0 Å². The van der Waals surface area contributed by atoms with Gasteiger partial charge in [-0.2, -0.15) is 0 Å². The number of amides is 1. The van der Waals surface area contributed by atoms with Crippen molar-refractivity contribution in [3.05, 3.63) is 185 Å². The number of hydrogen-bond acceptors (Lipinski definition) is 4. The molecule has 8 rings (SSSR count). The first-order valence-corrected chi connectivity index (χ1v) is 15.9. The number of fused-ring (bicyclic) bond motifs is 6. The molecule has 6 heteroatoms. The van der Waals surface area contributed by atoms with Gasteiger partial charge in [-0.05, 0) is 52.6 Å². The molecule has 1 aliphatic heterocycles. The standard InChI is InChI=1S/C43H28N2O4/c46-40-34-26-24-28-14-10-12-20-32(28)38(34)44(30-16-4-1-5-17-30)42(48)36(40)22-8-3-9-23-37-41(47)35-27-25-29-15-11-13-21-33(29)39(35)45(43(37)49)31-18-6-2-7-19-31/h1-27,46H/p-1. The number of para-hydroxylation sites is 2. The minimum absolute atomic E-state index is 0.00446. The van der Waals surface area contributed by atoms with Gasteiger partial charge in [0.05, 0.1) is 16.8 Å². The lowest BCUT2D eigenvalue weighted by atomic mass is 9.91. The zero-order valence-electron chi connectivity index (χ0n) is 26.1. The molecular formula is C43H27N2O4-. The number of carbonyl (C=O) groups is 2. The van der Waals surface area contributed by atoms with Gasteiger partial charge in [-0.3, -0.25) is 23.9 Å². The van der Waals surface area contributed by atoms with E-state index in [0.717, 1.165) is 21.5 Å². The molecule has 234 valence electrons. The van der Waals surface area contributed by atoms with Crippen LogP contribution >= 0.6 is 0 Å². The molecule has 2 heterocycles. The number of aromatic nitrogens is 1. The van der Waals surface area contributed by atoms with Crippen LogP contribution < -0.4 is 15.6 Å². The molecule has 0 saturated heterocycles. The van der Waals surface area contributed by atoms with Crippen molar-refractivity contribution in [3.63, 3.8) is 0 Å². The van der Waals surface area contributed by atoms with E-state index in [2.05, 4.69) is 0 Å². The minimum atomic E-state index is -0.442. The molecule has 0 unspecified atom stereocenters. The number of allylic oxidation sites excluding steroid dienone is 4. The summed E-state index contributed by atoms with van der Waals surface area (Å²) in [5.74, 6) is -1.19. The number of nitrogens with zero attached hydrogens (tertiary/aromatic N) is 2. The summed E-state index contributed by atoms with van der Waals surface area (Å²) < 4.78 is 1.59. The van der Waals surface area contributed by atoms with E-state index >= 15 is 0 Å². The fourth-order valence-corrected chi connectivity index (χ4v) is 6.60. The maximum Gasteiger partial charge on any atom is 0.266 e. The molecular weight excluding hydrogens is 608 g/mol. The van der Waals surface area contributed by atoms with E-state index in [1.165, 1.54) is 12.2 Å². The van der Waals surface area contributed by atoms with Gasteiger partial charge in [0.1, 0.15) is 0 Å². The lowest BCUT2D eigenvalue weighted by molar-refractivity contribution is -0.266. The van der Waals surface area contributed by atoms with Crippen molar-refractivity contribution in [2.45, 2.75) is 0 Å². The van der Waals surface area contributed by atoms with Gasteiger partial charge < -0.3 is 5.11 Å². The molecule has 0 saturated carbocycles. The lowest BCUT2D eigenvalue weighted by Crippen LogP contribution is -2.36. The molecule has 0 radical (unpaired) electrons. The van der Waals surface area contributed by atoms with Crippen LogP contribution in [0.15, 0.2) is 168 Å². The lowest BCUT2D eigenvalue weighted by Gasteiger charge is -2.31. The van der Waals surface area contributed by atoms with Gasteiger partial charge in [0, 0.05) is 33.3 Å². The van der Waals surface area contributed by atoms with Gasteiger partial charge in [-0.15, -0.1) is 0 Å². The molecule has 0 bridgehead atoms. The molecule has 0 spiro atoms. The zero-order valence-corrected chi connectivity index (χ0v) is 26.1. The zero-order chi connectivity index (χ0) is 33.5. The van der Waals surface area contributed by atoms with Crippen LogP contribution in [0.3, 0.4) is 0 Å². The Bertz CT molecular complexity index is 2620. The average molecular weight is 636 g/mol. The Morgan fingerprint density at radius 3 is 1.90 bits per heavy atom.